The summed E-state index contributed by atoms with van der Waals surface area (Å²) in [4.78, 5) is 1.32. The normalized spacial score (nSPS) is 12.3. The molecule has 15 heavy (non-hydrogen) atoms. The molecule has 1 rings (SSSR count). The zero-order valence-electron chi connectivity index (χ0n) is 8.93. The van der Waals surface area contributed by atoms with Crippen molar-refractivity contribution in [1.82, 2.24) is 0 Å². The third-order valence-corrected chi connectivity index (χ3v) is 3.40. The van der Waals surface area contributed by atoms with Gasteiger partial charge in [0.05, 0.1) is 0 Å². The zero-order valence-corrected chi connectivity index (χ0v) is 9.75. The van der Waals surface area contributed by atoms with Crippen LogP contribution in [0.2, 0.25) is 0 Å². The summed E-state index contributed by atoms with van der Waals surface area (Å²) >= 11 is 1.87. The van der Waals surface area contributed by atoms with Crippen LogP contribution in [-0.4, -0.2) is 17.5 Å². The molecule has 1 N–H and O–H groups in total. The van der Waals surface area contributed by atoms with E-state index in [1.165, 1.54) is 4.90 Å². The maximum absolute atomic E-state index is 8.96. The van der Waals surface area contributed by atoms with E-state index in [-0.39, 0.29) is 12.5 Å². The molecule has 1 aromatic rings. The van der Waals surface area contributed by atoms with Crippen LogP contribution < -0.4 is 0 Å². The van der Waals surface area contributed by atoms with E-state index in [0.29, 0.717) is 0 Å². The Kier molecular flexibility index (Phi) is 6.21. The quantitative estimate of drug-likeness (QED) is 0.434. The van der Waals surface area contributed by atoms with Crippen molar-refractivity contribution in [3.05, 3.63) is 43.0 Å². The van der Waals surface area contributed by atoms with Crippen LogP contribution in [0, 0.1) is 5.92 Å². The first-order valence-electron chi connectivity index (χ1n) is 5.28. The van der Waals surface area contributed by atoms with Gasteiger partial charge in [0.25, 0.3) is 0 Å². The van der Waals surface area contributed by atoms with E-state index in [9.17, 15) is 0 Å². The molecule has 0 saturated heterocycles. The van der Waals surface area contributed by atoms with Crippen molar-refractivity contribution in [2.24, 2.45) is 5.92 Å². The van der Waals surface area contributed by atoms with Gasteiger partial charge < -0.3 is 5.11 Å². The minimum Gasteiger partial charge on any atom is -0.396 e. The molecule has 0 saturated carbocycles. The number of aliphatic hydroxyl groups is 1. The van der Waals surface area contributed by atoms with Gasteiger partial charge in [-0.05, 0) is 36.6 Å². The smallest absolute Gasteiger partial charge is 0.0493 e. The van der Waals surface area contributed by atoms with Gasteiger partial charge >= 0.3 is 0 Å². The topological polar surface area (TPSA) is 20.2 Å². The highest BCUT2D eigenvalue weighted by Gasteiger charge is 2.01. The molecular formula is C13H18OS. The van der Waals surface area contributed by atoms with Gasteiger partial charge in [-0.3, -0.25) is 0 Å². The number of benzene rings is 1. The van der Waals surface area contributed by atoms with Crippen molar-refractivity contribution < 1.29 is 5.11 Å². The molecule has 2 heteroatoms. The van der Waals surface area contributed by atoms with E-state index in [0.717, 1.165) is 18.6 Å². The van der Waals surface area contributed by atoms with Gasteiger partial charge in [0, 0.05) is 11.5 Å². The molecule has 0 bridgehead atoms. The van der Waals surface area contributed by atoms with Crippen LogP contribution in [0.3, 0.4) is 0 Å². The Morgan fingerprint density at radius 2 is 2.07 bits per heavy atom. The molecule has 0 fully saturated rings. The van der Waals surface area contributed by atoms with Crippen LogP contribution in [0.15, 0.2) is 47.9 Å². The molecule has 0 amide bonds. The Balaban J connectivity index is 2.14. The largest absolute Gasteiger partial charge is 0.396 e. The van der Waals surface area contributed by atoms with E-state index in [2.05, 4.69) is 30.8 Å². The Labute approximate surface area is 96.2 Å². The number of rotatable bonds is 7. The van der Waals surface area contributed by atoms with Gasteiger partial charge in [-0.2, -0.15) is 0 Å². The molecule has 0 aliphatic carbocycles. The van der Waals surface area contributed by atoms with Gasteiger partial charge in [-0.1, -0.05) is 24.3 Å². The Bertz CT molecular complexity index is 271. The number of thioether (sulfide) groups is 1. The van der Waals surface area contributed by atoms with Crippen molar-refractivity contribution in [3.8, 4) is 0 Å². The monoisotopic (exact) mass is 222 g/mol. The predicted octanol–water partition coefficient (Wildman–Crippen LogP) is 3.35. The first kappa shape index (κ1) is 12.3. The summed E-state index contributed by atoms with van der Waals surface area (Å²) in [7, 11) is 0. The second kappa shape index (κ2) is 7.55. The number of aliphatic hydroxyl groups excluding tert-OH is 1. The standard InChI is InChI=1S/C13H18OS/c1-2-12(11-14)7-6-10-15-13-8-4-3-5-9-13/h2-5,8-9,12,14H,1,6-7,10-11H2. The zero-order chi connectivity index (χ0) is 10.9. The van der Waals surface area contributed by atoms with Crippen LogP contribution in [0.25, 0.3) is 0 Å². The van der Waals surface area contributed by atoms with Gasteiger partial charge in [0.2, 0.25) is 0 Å². The highest BCUT2D eigenvalue weighted by molar-refractivity contribution is 7.99. The molecule has 0 aromatic heterocycles. The molecule has 1 atom stereocenters. The van der Waals surface area contributed by atoms with E-state index in [1.54, 1.807) is 0 Å². The summed E-state index contributed by atoms with van der Waals surface area (Å²) in [5.74, 6) is 1.37. The highest BCUT2D eigenvalue weighted by Crippen LogP contribution is 2.19. The van der Waals surface area contributed by atoms with Crippen LogP contribution in [-0.2, 0) is 0 Å². The molecule has 0 radical (unpaired) electrons. The lowest BCUT2D eigenvalue weighted by atomic mass is 10.1. The minimum absolute atomic E-state index is 0.222. The van der Waals surface area contributed by atoms with E-state index in [4.69, 9.17) is 5.11 Å². The Morgan fingerprint density at radius 1 is 1.33 bits per heavy atom. The van der Waals surface area contributed by atoms with Gasteiger partial charge in [0.1, 0.15) is 0 Å². The highest BCUT2D eigenvalue weighted by atomic mass is 32.2. The fourth-order valence-electron chi connectivity index (χ4n) is 1.34. The summed E-state index contributed by atoms with van der Waals surface area (Å²) in [6, 6.07) is 10.4. The lowest BCUT2D eigenvalue weighted by molar-refractivity contribution is 0.246. The average Bonchev–Trinajstić information content (AvgIpc) is 2.31. The summed E-state index contributed by atoms with van der Waals surface area (Å²) in [6.07, 6.45) is 3.99. The molecule has 0 spiro atoms. The van der Waals surface area contributed by atoms with Crippen molar-refractivity contribution >= 4 is 11.8 Å². The molecule has 0 aliphatic heterocycles. The van der Waals surface area contributed by atoms with E-state index in [1.807, 2.05) is 23.9 Å². The van der Waals surface area contributed by atoms with Gasteiger partial charge in [-0.25, -0.2) is 0 Å². The minimum atomic E-state index is 0.222. The number of hydrogen-bond donors (Lipinski definition) is 1. The van der Waals surface area contributed by atoms with Crippen molar-refractivity contribution in [2.75, 3.05) is 12.4 Å². The molecule has 1 aromatic carbocycles. The Hall–Kier alpha value is -0.730. The molecule has 82 valence electrons. The van der Waals surface area contributed by atoms with Crippen LogP contribution in [0.5, 0.6) is 0 Å². The number of hydrogen-bond acceptors (Lipinski definition) is 2. The average molecular weight is 222 g/mol. The van der Waals surface area contributed by atoms with Crippen molar-refractivity contribution in [3.63, 3.8) is 0 Å². The maximum atomic E-state index is 8.96. The lowest BCUT2D eigenvalue weighted by Gasteiger charge is -2.07. The SMILES string of the molecule is C=CC(CO)CCCSc1ccccc1. The first-order chi connectivity index (χ1) is 7.36. The second-order valence-electron chi connectivity index (χ2n) is 3.48. The molecular weight excluding hydrogens is 204 g/mol. The molecule has 1 nitrogen and oxygen atoms in total. The third kappa shape index (κ3) is 5.05. The van der Waals surface area contributed by atoms with Crippen molar-refractivity contribution in [1.29, 1.82) is 0 Å². The van der Waals surface area contributed by atoms with E-state index >= 15 is 0 Å². The van der Waals surface area contributed by atoms with Crippen LogP contribution in [0.4, 0.5) is 0 Å². The molecule has 1 unspecified atom stereocenters. The van der Waals surface area contributed by atoms with Crippen LogP contribution >= 0.6 is 11.8 Å². The lowest BCUT2D eigenvalue weighted by Crippen LogP contribution is -2.02. The van der Waals surface area contributed by atoms with Crippen LogP contribution in [0.1, 0.15) is 12.8 Å². The summed E-state index contributed by atoms with van der Waals surface area (Å²) < 4.78 is 0. The second-order valence-corrected chi connectivity index (χ2v) is 4.65. The summed E-state index contributed by atoms with van der Waals surface area (Å²) in [5, 5.41) is 8.96. The van der Waals surface area contributed by atoms with E-state index < -0.39 is 0 Å². The van der Waals surface area contributed by atoms with Gasteiger partial charge in [0.15, 0.2) is 0 Å². The summed E-state index contributed by atoms with van der Waals surface area (Å²) in [6.45, 7) is 3.92. The van der Waals surface area contributed by atoms with Crippen molar-refractivity contribution in [2.45, 2.75) is 17.7 Å². The molecule has 0 aliphatic rings. The van der Waals surface area contributed by atoms with Gasteiger partial charge in [-0.15, -0.1) is 18.3 Å². The predicted molar refractivity (Wildman–Crippen MR) is 67.2 cm³/mol. The summed E-state index contributed by atoms with van der Waals surface area (Å²) in [5.41, 5.74) is 0. The fraction of sp³-hybridized carbons (Fsp3) is 0.385. The fourth-order valence-corrected chi connectivity index (χ4v) is 2.23. The maximum Gasteiger partial charge on any atom is 0.0493 e. The first-order valence-corrected chi connectivity index (χ1v) is 6.26. The Morgan fingerprint density at radius 3 is 2.67 bits per heavy atom. The third-order valence-electron chi connectivity index (χ3n) is 2.30. The molecule has 0 heterocycles.